The van der Waals surface area contributed by atoms with Gasteiger partial charge in [0.05, 0.1) is 22.4 Å². The van der Waals surface area contributed by atoms with E-state index >= 15 is 0 Å². The molecule has 6 heteroatoms. The Morgan fingerprint density at radius 3 is 2.58 bits per heavy atom. The molecule has 0 fully saturated rings. The molecule has 1 aromatic carbocycles. The van der Waals surface area contributed by atoms with Crippen LogP contribution in [0.4, 0.5) is 0 Å². The summed E-state index contributed by atoms with van der Waals surface area (Å²) in [5.41, 5.74) is 6.14. The van der Waals surface area contributed by atoms with E-state index in [9.17, 15) is 4.79 Å². The van der Waals surface area contributed by atoms with Crippen molar-refractivity contribution in [2.75, 3.05) is 0 Å². The van der Waals surface area contributed by atoms with E-state index in [0.29, 0.717) is 17.7 Å². The molecular formula is C18H17N3O3. The second-order valence-electron chi connectivity index (χ2n) is 6.77. The van der Waals surface area contributed by atoms with E-state index in [1.54, 1.807) is 12.4 Å². The van der Waals surface area contributed by atoms with Crippen LogP contribution in [0.3, 0.4) is 0 Å². The Hall–Kier alpha value is -2.73. The summed E-state index contributed by atoms with van der Waals surface area (Å²) in [4.78, 5) is 21.5. The van der Waals surface area contributed by atoms with Gasteiger partial charge in [0.2, 0.25) is 0 Å². The van der Waals surface area contributed by atoms with Gasteiger partial charge in [0.25, 0.3) is 0 Å². The number of aromatic nitrogens is 2. The quantitative estimate of drug-likeness (QED) is 0.530. The topological polar surface area (TPSA) is 88.2 Å². The van der Waals surface area contributed by atoms with Crippen molar-refractivity contribution >= 4 is 16.9 Å². The van der Waals surface area contributed by atoms with Crippen LogP contribution in [0.1, 0.15) is 41.4 Å². The van der Waals surface area contributed by atoms with Crippen LogP contribution in [0.25, 0.3) is 22.3 Å². The first-order valence-electron chi connectivity index (χ1n) is 7.76. The highest BCUT2D eigenvalue weighted by molar-refractivity contribution is 5.95. The number of hydrogen-bond donors (Lipinski definition) is 2. The number of fused-ring (bicyclic) bond motifs is 4. The summed E-state index contributed by atoms with van der Waals surface area (Å²) >= 11 is 0. The van der Waals surface area contributed by atoms with Gasteiger partial charge in [-0.05, 0) is 19.1 Å². The van der Waals surface area contributed by atoms with Crippen LogP contribution >= 0.6 is 0 Å². The number of hydrogen-bond acceptors (Lipinski definition) is 5. The Labute approximate surface area is 138 Å². The van der Waals surface area contributed by atoms with Gasteiger partial charge in [-0.2, -0.15) is 0 Å². The number of rotatable bonds is 1. The summed E-state index contributed by atoms with van der Waals surface area (Å²) in [7, 11) is 0. The molecule has 2 N–H and O–H groups in total. The Morgan fingerprint density at radius 2 is 1.92 bits per heavy atom. The Bertz CT molecular complexity index is 989. The van der Waals surface area contributed by atoms with Gasteiger partial charge in [0.15, 0.2) is 5.76 Å². The van der Waals surface area contributed by atoms with E-state index in [1.165, 1.54) is 0 Å². The Kier molecular flexibility index (Phi) is 3.02. The molecule has 6 nitrogen and oxygen atoms in total. The minimum absolute atomic E-state index is 0.112. The lowest BCUT2D eigenvalue weighted by molar-refractivity contribution is 0.0673. The van der Waals surface area contributed by atoms with E-state index in [0.717, 1.165) is 28.0 Å². The third kappa shape index (κ3) is 1.96. The second-order valence-corrected chi connectivity index (χ2v) is 6.77. The lowest BCUT2D eigenvalue weighted by Gasteiger charge is -2.30. The van der Waals surface area contributed by atoms with Crippen molar-refractivity contribution in [3.8, 4) is 11.3 Å². The van der Waals surface area contributed by atoms with Crippen molar-refractivity contribution < 1.29 is 14.4 Å². The maximum absolute atomic E-state index is 11.8. The van der Waals surface area contributed by atoms with Crippen molar-refractivity contribution in [2.45, 2.75) is 32.6 Å². The van der Waals surface area contributed by atoms with Gasteiger partial charge in [-0.25, -0.2) is 15.4 Å². The first kappa shape index (κ1) is 14.8. The molecule has 2 aromatic heterocycles. The molecule has 0 aliphatic heterocycles. The number of carbonyl (C=O) groups excluding carboxylic acids is 1. The molecule has 1 aliphatic rings. The lowest BCUT2D eigenvalue weighted by atomic mass is 9.76. The maximum Gasteiger partial charge on any atom is 0.310 e. The summed E-state index contributed by atoms with van der Waals surface area (Å²) in [6, 6.07) is 7.73. The molecule has 0 saturated carbocycles. The number of furan rings is 1. The number of amides is 1. The molecular weight excluding hydrogens is 306 g/mol. The fourth-order valence-electron chi connectivity index (χ4n) is 3.41. The number of benzene rings is 1. The predicted molar refractivity (Wildman–Crippen MR) is 88.0 cm³/mol. The average molecular weight is 323 g/mol. The van der Waals surface area contributed by atoms with E-state index in [4.69, 9.17) is 19.6 Å². The molecule has 24 heavy (non-hydrogen) atoms. The highest BCUT2D eigenvalue weighted by atomic mass is 16.5. The molecule has 122 valence electrons. The molecule has 0 bridgehead atoms. The van der Waals surface area contributed by atoms with Crippen LogP contribution in [0.5, 0.6) is 0 Å². The van der Waals surface area contributed by atoms with Crippen LogP contribution < -0.4 is 5.48 Å². The van der Waals surface area contributed by atoms with E-state index < -0.39 is 5.91 Å². The molecule has 2 heterocycles. The van der Waals surface area contributed by atoms with Crippen molar-refractivity contribution in [2.24, 2.45) is 0 Å². The zero-order valence-electron chi connectivity index (χ0n) is 13.7. The largest absolute Gasteiger partial charge is 0.455 e. The molecule has 0 unspecified atom stereocenters. The monoisotopic (exact) mass is 323 g/mol. The molecule has 0 saturated heterocycles. The van der Waals surface area contributed by atoms with Crippen LogP contribution in [0.15, 0.2) is 28.7 Å². The van der Waals surface area contributed by atoms with Crippen molar-refractivity contribution in [3.63, 3.8) is 0 Å². The van der Waals surface area contributed by atoms with Gasteiger partial charge in [0, 0.05) is 23.0 Å². The third-order valence-corrected chi connectivity index (χ3v) is 4.58. The summed E-state index contributed by atoms with van der Waals surface area (Å²) in [5, 5.41) is 8.93. The minimum Gasteiger partial charge on any atom is -0.455 e. The normalized spacial score (nSPS) is 15.0. The first-order valence-corrected chi connectivity index (χ1v) is 7.76. The molecule has 1 amide bonds. The zero-order valence-corrected chi connectivity index (χ0v) is 13.7. The van der Waals surface area contributed by atoms with Crippen LogP contribution in [-0.2, 0) is 11.8 Å². The lowest BCUT2D eigenvalue weighted by Crippen LogP contribution is -2.27. The van der Waals surface area contributed by atoms with E-state index in [2.05, 4.69) is 13.8 Å². The molecule has 0 atom stereocenters. The zero-order chi connectivity index (χ0) is 17.1. The van der Waals surface area contributed by atoms with Gasteiger partial charge in [-0.1, -0.05) is 26.0 Å². The SMILES string of the molecule is Cc1c(C(=O)NO)oc2c1-c1nc3ccccc3nc1C(C)(C)C2. The third-order valence-electron chi connectivity index (χ3n) is 4.58. The number of hydroxylamine groups is 1. The van der Waals surface area contributed by atoms with Gasteiger partial charge < -0.3 is 4.42 Å². The summed E-state index contributed by atoms with van der Waals surface area (Å²) in [6.07, 6.45) is 0.613. The molecule has 0 radical (unpaired) electrons. The number of nitrogens with zero attached hydrogens (tertiary/aromatic N) is 2. The fourth-order valence-corrected chi connectivity index (χ4v) is 3.41. The van der Waals surface area contributed by atoms with Gasteiger partial charge in [0.1, 0.15) is 5.76 Å². The first-order chi connectivity index (χ1) is 11.4. The molecule has 0 spiro atoms. The van der Waals surface area contributed by atoms with E-state index in [-0.39, 0.29) is 11.2 Å². The summed E-state index contributed by atoms with van der Waals surface area (Å²) in [5.74, 6) is 0.157. The fraction of sp³-hybridized carbons (Fsp3) is 0.278. The van der Waals surface area contributed by atoms with E-state index in [1.807, 2.05) is 24.3 Å². The molecule has 4 rings (SSSR count). The van der Waals surface area contributed by atoms with Crippen LogP contribution in [-0.4, -0.2) is 21.1 Å². The number of carbonyl (C=O) groups is 1. The number of para-hydroxylation sites is 2. The highest BCUT2D eigenvalue weighted by Gasteiger charge is 2.38. The average Bonchev–Trinajstić information content (AvgIpc) is 2.88. The standard InChI is InChI=1S/C18H17N3O3/c1-9-13-12(24-15(9)17(22)21-23)8-18(2,3)16-14(13)19-10-6-4-5-7-11(10)20-16/h4-7,23H,8H2,1-3H3,(H,21,22). The maximum atomic E-state index is 11.8. The Balaban J connectivity index is 2.05. The molecule has 3 aromatic rings. The summed E-state index contributed by atoms with van der Waals surface area (Å²) < 4.78 is 5.75. The van der Waals surface area contributed by atoms with Gasteiger partial charge in [-0.15, -0.1) is 0 Å². The van der Waals surface area contributed by atoms with Crippen molar-refractivity contribution in [3.05, 3.63) is 47.0 Å². The number of nitrogens with one attached hydrogen (secondary N) is 1. The Morgan fingerprint density at radius 1 is 1.25 bits per heavy atom. The smallest absolute Gasteiger partial charge is 0.310 e. The summed E-state index contributed by atoms with van der Waals surface area (Å²) in [6.45, 7) is 5.97. The minimum atomic E-state index is -0.657. The predicted octanol–water partition coefficient (Wildman–Crippen LogP) is 3.15. The van der Waals surface area contributed by atoms with Crippen LogP contribution in [0.2, 0.25) is 0 Å². The highest BCUT2D eigenvalue weighted by Crippen LogP contribution is 2.45. The van der Waals surface area contributed by atoms with Gasteiger partial charge in [-0.3, -0.25) is 10.0 Å². The van der Waals surface area contributed by atoms with Gasteiger partial charge >= 0.3 is 5.91 Å². The van der Waals surface area contributed by atoms with Crippen molar-refractivity contribution in [1.82, 2.24) is 15.4 Å². The van der Waals surface area contributed by atoms with Crippen LogP contribution in [0, 0.1) is 6.92 Å². The molecule has 1 aliphatic carbocycles. The second kappa shape index (κ2) is 4.88. The van der Waals surface area contributed by atoms with Crippen molar-refractivity contribution in [1.29, 1.82) is 0 Å².